The van der Waals surface area contributed by atoms with Gasteiger partial charge >= 0.3 is 0 Å². The van der Waals surface area contributed by atoms with Crippen LogP contribution in [0.25, 0.3) is 0 Å². The lowest BCUT2D eigenvalue weighted by atomic mass is 10.1. The van der Waals surface area contributed by atoms with E-state index >= 15 is 0 Å². The number of hydrogen-bond acceptors (Lipinski definition) is 4. The Morgan fingerprint density at radius 1 is 1.26 bits per heavy atom. The zero-order chi connectivity index (χ0) is 13.7. The van der Waals surface area contributed by atoms with Crippen molar-refractivity contribution in [3.63, 3.8) is 0 Å². The lowest BCUT2D eigenvalue weighted by molar-refractivity contribution is 0.397. The number of rotatable bonds is 6. The van der Waals surface area contributed by atoms with Crippen LogP contribution in [-0.2, 0) is 13.0 Å². The van der Waals surface area contributed by atoms with E-state index in [1.807, 2.05) is 13.1 Å². The number of aryl methyl sites for hydroxylation is 2. The number of phenols is 2. The van der Waals surface area contributed by atoms with Crippen LogP contribution in [0.2, 0.25) is 0 Å². The van der Waals surface area contributed by atoms with Crippen molar-refractivity contribution in [2.75, 3.05) is 6.54 Å². The molecule has 102 valence electrons. The molecule has 0 radical (unpaired) electrons. The summed E-state index contributed by atoms with van der Waals surface area (Å²) in [5, 5.41) is 29.2. The van der Waals surface area contributed by atoms with Gasteiger partial charge in [-0.05, 0) is 37.9 Å². The van der Waals surface area contributed by atoms with Crippen LogP contribution in [0.1, 0.15) is 23.2 Å². The molecule has 0 atom stereocenters. The SMILES string of the molecule is Cc1[nH]ncc1CCCNCc1cccc(O)c1O. The third-order valence-corrected chi connectivity index (χ3v) is 3.15. The van der Waals surface area contributed by atoms with Crippen molar-refractivity contribution in [1.82, 2.24) is 15.5 Å². The lowest BCUT2D eigenvalue weighted by Crippen LogP contribution is -2.15. The first-order valence-electron chi connectivity index (χ1n) is 6.38. The van der Waals surface area contributed by atoms with Gasteiger partial charge in [0.2, 0.25) is 0 Å². The van der Waals surface area contributed by atoms with Gasteiger partial charge in [-0.3, -0.25) is 5.10 Å². The second-order valence-electron chi connectivity index (χ2n) is 4.59. The van der Waals surface area contributed by atoms with Crippen molar-refractivity contribution < 1.29 is 10.2 Å². The molecule has 0 aliphatic heterocycles. The van der Waals surface area contributed by atoms with Crippen molar-refractivity contribution in [2.45, 2.75) is 26.3 Å². The van der Waals surface area contributed by atoms with E-state index < -0.39 is 0 Å². The molecule has 5 heteroatoms. The minimum absolute atomic E-state index is 0.0410. The highest BCUT2D eigenvalue weighted by Gasteiger charge is 2.05. The van der Waals surface area contributed by atoms with Gasteiger partial charge < -0.3 is 15.5 Å². The standard InChI is InChI=1S/C14H19N3O2/c1-10-11(9-16-17-10)5-3-7-15-8-12-4-2-6-13(18)14(12)19/h2,4,6,9,15,18-19H,3,5,7-8H2,1H3,(H,16,17). The Morgan fingerprint density at radius 2 is 2.11 bits per heavy atom. The van der Waals surface area contributed by atoms with Crippen LogP contribution in [0.4, 0.5) is 0 Å². The van der Waals surface area contributed by atoms with Crippen molar-refractivity contribution in [3.8, 4) is 11.5 Å². The summed E-state index contributed by atoms with van der Waals surface area (Å²) in [6, 6.07) is 4.99. The number of para-hydroxylation sites is 1. The average Bonchev–Trinajstić information content (AvgIpc) is 2.80. The number of aromatic nitrogens is 2. The van der Waals surface area contributed by atoms with Gasteiger partial charge in [0, 0.05) is 17.8 Å². The second kappa shape index (κ2) is 6.24. The Morgan fingerprint density at radius 3 is 2.84 bits per heavy atom. The van der Waals surface area contributed by atoms with Crippen LogP contribution in [0.5, 0.6) is 11.5 Å². The van der Waals surface area contributed by atoms with Crippen LogP contribution >= 0.6 is 0 Å². The highest BCUT2D eigenvalue weighted by atomic mass is 16.3. The molecule has 5 nitrogen and oxygen atoms in total. The monoisotopic (exact) mass is 261 g/mol. The molecule has 4 N–H and O–H groups in total. The fraction of sp³-hybridized carbons (Fsp3) is 0.357. The minimum Gasteiger partial charge on any atom is -0.504 e. The molecule has 1 aromatic heterocycles. The highest BCUT2D eigenvalue weighted by molar-refractivity contribution is 5.44. The highest BCUT2D eigenvalue weighted by Crippen LogP contribution is 2.27. The smallest absolute Gasteiger partial charge is 0.161 e. The number of nitrogens with zero attached hydrogens (tertiary/aromatic N) is 1. The maximum Gasteiger partial charge on any atom is 0.161 e. The molecule has 0 spiro atoms. The van der Waals surface area contributed by atoms with Crippen LogP contribution in [0, 0.1) is 6.92 Å². The number of nitrogens with one attached hydrogen (secondary N) is 2. The van der Waals surface area contributed by atoms with Crippen molar-refractivity contribution in [3.05, 3.63) is 41.2 Å². The van der Waals surface area contributed by atoms with E-state index in [1.165, 1.54) is 11.6 Å². The zero-order valence-electron chi connectivity index (χ0n) is 11.0. The van der Waals surface area contributed by atoms with Gasteiger partial charge in [-0.1, -0.05) is 12.1 Å². The van der Waals surface area contributed by atoms with Gasteiger partial charge in [-0.2, -0.15) is 5.10 Å². The summed E-state index contributed by atoms with van der Waals surface area (Å²) in [6.07, 6.45) is 3.83. The van der Waals surface area contributed by atoms with Crippen LogP contribution in [-0.4, -0.2) is 27.0 Å². The fourth-order valence-corrected chi connectivity index (χ4v) is 1.98. The summed E-state index contributed by atoms with van der Waals surface area (Å²) >= 11 is 0. The third kappa shape index (κ3) is 3.48. The van der Waals surface area contributed by atoms with E-state index in [-0.39, 0.29) is 11.5 Å². The molecular weight excluding hydrogens is 242 g/mol. The lowest BCUT2D eigenvalue weighted by Gasteiger charge is -2.07. The maximum atomic E-state index is 9.64. The van der Waals surface area contributed by atoms with Crippen LogP contribution in [0.3, 0.4) is 0 Å². The molecule has 19 heavy (non-hydrogen) atoms. The second-order valence-corrected chi connectivity index (χ2v) is 4.59. The number of H-pyrrole nitrogens is 1. The molecule has 2 aromatic rings. The summed E-state index contributed by atoms with van der Waals surface area (Å²) in [4.78, 5) is 0. The van der Waals surface area contributed by atoms with Gasteiger partial charge in [-0.25, -0.2) is 0 Å². The van der Waals surface area contributed by atoms with Gasteiger partial charge in [0.15, 0.2) is 11.5 Å². The number of aromatic amines is 1. The van der Waals surface area contributed by atoms with E-state index in [2.05, 4.69) is 15.5 Å². The van der Waals surface area contributed by atoms with E-state index in [0.29, 0.717) is 12.1 Å². The van der Waals surface area contributed by atoms with Gasteiger partial charge in [-0.15, -0.1) is 0 Å². The molecule has 0 aliphatic rings. The minimum atomic E-state index is -0.0756. The molecule has 0 saturated heterocycles. The van der Waals surface area contributed by atoms with E-state index in [9.17, 15) is 10.2 Å². The summed E-state index contributed by atoms with van der Waals surface area (Å²) in [5.74, 6) is -0.117. The number of aromatic hydroxyl groups is 2. The van der Waals surface area contributed by atoms with E-state index in [0.717, 1.165) is 25.1 Å². The Balaban J connectivity index is 1.72. The largest absolute Gasteiger partial charge is 0.504 e. The molecule has 0 bridgehead atoms. The molecule has 0 saturated carbocycles. The molecular formula is C14H19N3O2. The Kier molecular flexibility index (Phi) is 4.41. The fourth-order valence-electron chi connectivity index (χ4n) is 1.98. The van der Waals surface area contributed by atoms with Crippen molar-refractivity contribution in [2.24, 2.45) is 0 Å². The predicted molar refractivity (Wildman–Crippen MR) is 73.1 cm³/mol. The quantitative estimate of drug-likeness (QED) is 0.472. The van der Waals surface area contributed by atoms with Gasteiger partial charge in [0.1, 0.15) is 0 Å². The molecule has 0 amide bonds. The molecule has 0 unspecified atom stereocenters. The molecule has 1 aromatic carbocycles. The Bertz CT molecular complexity index is 537. The predicted octanol–water partition coefficient (Wildman–Crippen LogP) is 1.85. The van der Waals surface area contributed by atoms with Gasteiger partial charge in [0.05, 0.1) is 6.20 Å². The van der Waals surface area contributed by atoms with Crippen molar-refractivity contribution in [1.29, 1.82) is 0 Å². The number of phenolic OH excluding ortho intramolecular Hbond substituents is 2. The zero-order valence-corrected chi connectivity index (χ0v) is 11.0. The van der Waals surface area contributed by atoms with Crippen molar-refractivity contribution >= 4 is 0 Å². The number of benzene rings is 1. The summed E-state index contributed by atoms with van der Waals surface area (Å²) in [7, 11) is 0. The van der Waals surface area contributed by atoms with E-state index in [4.69, 9.17) is 0 Å². The topological polar surface area (TPSA) is 81.2 Å². The van der Waals surface area contributed by atoms with E-state index in [1.54, 1.807) is 12.1 Å². The third-order valence-electron chi connectivity index (χ3n) is 3.15. The Labute approximate surface area is 112 Å². The van der Waals surface area contributed by atoms with Crippen LogP contribution < -0.4 is 5.32 Å². The molecule has 2 rings (SSSR count). The molecule has 0 fully saturated rings. The normalized spacial score (nSPS) is 10.8. The summed E-state index contributed by atoms with van der Waals surface area (Å²) in [5.41, 5.74) is 3.06. The first-order chi connectivity index (χ1) is 9.18. The van der Waals surface area contributed by atoms with Crippen LogP contribution in [0.15, 0.2) is 24.4 Å². The number of hydrogen-bond donors (Lipinski definition) is 4. The first-order valence-corrected chi connectivity index (χ1v) is 6.38. The summed E-state index contributed by atoms with van der Waals surface area (Å²) in [6.45, 7) is 3.41. The Hall–Kier alpha value is -2.01. The molecule has 1 heterocycles. The average molecular weight is 261 g/mol. The molecule has 0 aliphatic carbocycles. The van der Waals surface area contributed by atoms with Gasteiger partial charge in [0.25, 0.3) is 0 Å². The summed E-state index contributed by atoms with van der Waals surface area (Å²) < 4.78 is 0. The first kappa shape index (κ1) is 13.4. The maximum absolute atomic E-state index is 9.64.